The van der Waals surface area contributed by atoms with Gasteiger partial charge in [0.25, 0.3) is 5.91 Å². The summed E-state index contributed by atoms with van der Waals surface area (Å²) in [6.07, 6.45) is 6.79. The number of nitrogens with one attached hydrogen (secondary N) is 2. The Morgan fingerprint density at radius 2 is 1.50 bits per heavy atom. The van der Waals surface area contributed by atoms with Crippen LogP contribution in [0.3, 0.4) is 0 Å². The van der Waals surface area contributed by atoms with Gasteiger partial charge in [-0.15, -0.1) is 0 Å². The number of methoxy groups -OCH3 is 1. The fraction of sp³-hybridized carbons (Fsp3) is 0.462. The Kier molecular flexibility index (Phi) is 7.43. The number of rotatable bonds is 7. The molecule has 0 aromatic heterocycles. The number of carbonyl (C=O) groups is 2. The van der Waals surface area contributed by atoms with Crippen molar-refractivity contribution in [1.82, 2.24) is 10.6 Å². The van der Waals surface area contributed by atoms with Crippen molar-refractivity contribution in [3.63, 3.8) is 0 Å². The Bertz CT molecular complexity index is 897. The van der Waals surface area contributed by atoms with Crippen LogP contribution in [0.25, 0.3) is 0 Å². The van der Waals surface area contributed by atoms with Gasteiger partial charge < -0.3 is 20.3 Å². The molecule has 0 unspecified atom stereocenters. The summed E-state index contributed by atoms with van der Waals surface area (Å²) in [5.74, 6) is -0.259. The van der Waals surface area contributed by atoms with E-state index in [9.17, 15) is 9.59 Å². The molecule has 2 aliphatic rings. The normalized spacial score (nSPS) is 17.3. The average Bonchev–Trinajstić information content (AvgIpc) is 3.36. The van der Waals surface area contributed by atoms with E-state index in [2.05, 4.69) is 27.7 Å². The van der Waals surface area contributed by atoms with Gasteiger partial charge in [-0.25, -0.2) is 4.79 Å². The van der Waals surface area contributed by atoms with E-state index >= 15 is 0 Å². The molecule has 2 aromatic carbocycles. The highest BCUT2D eigenvalue weighted by Gasteiger charge is 2.20. The first kappa shape index (κ1) is 22.3. The molecule has 1 saturated carbocycles. The van der Waals surface area contributed by atoms with Crippen LogP contribution in [0, 0.1) is 0 Å². The van der Waals surface area contributed by atoms with Crippen LogP contribution in [0.2, 0.25) is 0 Å². The molecule has 2 N–H and O–H groups in total. The number of ether oxygens (including phenoxy) is 1. The summed E-state index contributed by atoms with van der Waals surface area (Å²) in [4.78, 5) is 26.4. The van der Waals surface area contributed by atoms with E-state index < -0.39 is 0 Å². The number of anilines is 1. The first-order valence-corrected chi connectivity index (χ1v) is 11.7. The molecule has 0 spiro atoms. The van der Waals surface area contributed by atoms with Crippen LogP contribution in [0.1, 0.15) is 64.8 Å². The molecule has 0 atom stereocenters. The van der Waals surface area contributed by atoms with Gasteiger partial charge in [-0.05, 0) is 67.6 Å². The third kappa shape index (κ3) is 5.68. The second kappa shape index (κ2) is 10.6. The molecule has 1 aliphatic heterocycles. The fourth-order valence-electron chi connectivity index (χ4n) is 4.64. The number of hydrogen-bond donors (Lipinski definition) is 2. The topological polar surface area (TPSA) is 70.7 Å². The molecule has 2 aromatic rings. The molecular formula is C26H33N3O3. The molecule has 4 rings (SSSR count). The fourth-order valence-corrected chi connectivity index (χ4v) is 4.64. The minimum absolute atomic E-state index is 0.0472. The number of esters is 1. The maximum absolute atomic E-state index is 12.4. The summed E-state index contributed by atoms with van der Waals surface area (Å²) < 4.78 is 4.74. The van der Waals surface area contributed by atoms with E-state index in [0.29, 0.717) is 17.6 Å². The molecule has 32 heavy (non-hydrogen) atoms. The third-order valence-electron chi connectivity index (χ3n) is 6.65. The van der Waals surface area contributed by atoms with E-state index in [1.54, 1.807) is 0 Å². The maximum Gasteiger partial charge on any atom is 0.337 e. The van der Waals surface area contributed by atoms with Crippen LogP contribution < -0.4 is 15.5 Å². The van der Waals surface area contributed by atoms with Crippen LogP contribution in [-0.4, -0.2) is 44.2 Å². The lowest BCUT2D eigenvalue weighted by molar-refractivity contribution is 0.0600. The van der Waals surface area contributed by atoms with Crippen molar-refractivity contribution in [2.24, 2.45) is 0 Å². The van der Waals surface area contributed by atoms with Crippen molar-refractivity contribution in [2.45, 2.75) is 57.2 Å². The van der Waals surface area contributed by atoms with E-state index in [-0.39, 0.29) is 11.9 Å². The molecule has 170 valence electrons. The Hall–Kier alpha value is -2.86. The van der Waals surface area contributed by atoms with Crippen molar-refractivity contribution >= 4 is 17.6 Å². The average molecular weight is 436 g/mol. The van der Waals surface area contributed by atoms with Crippen LogP contribution in [-0.2, 0) is 11.3 Å². The lowest BCUT2D eigenvalue weighted by atomic mass is 10.0. The van der Waals surface area contributed by atoms with Crippen molar-refractivity contribution < 1.29 is 14.3 Å². The molecule has 0 radical (unpaired) electrons. The van der Waals surface area contributed by atoms with Crippen molar-refractivity contribution in [3.05, 3.63) is 65.2 Å². The van der Waals surface area contributed by atoms with Gasteiger partial charge in [-0.2, -0.15) is 0 Å². The highest BCUT2D eigenvalue weighted by atomic mass is 16.5. The monoisotopic (exact) mass is 435 g/mol. The Morgan fingerprint density at radius 1 is 0.875 bits per heavy atom. The number of hydrogen-bond acceptors (Lipinski definition) is 5. The van der Waals surface area contributed by atoms with Crippen molar-refractivity contribution in [3.8, 4) is 0 Å². The standard InChI is InChI=1S/C26H33N3O3/c1-32-26(31)21-8-6-19(7-9-21)18-27-22-14-16-29(17-15-22)24-12-10-20(11-13-24)25(30)28-23-4-2-3-5-23/h6-13,22-23,27H,2-5,14-18H2,1H3,(H,28,30). The Balaban J connectivity index is 1.22. The molecule has 1 amide bonds. The van der Waals surface area contributed by atoms with Crippen LogP contribution >= 0.6 is 0 Å². The zero-order valence-corrected chi connectivity index (χ0v) is 18.8. The van der Waals surface area contributed by atoms with E-state index in [0.717, 1.165) is 56.4 Å². The molecule has 1 aliphatic carbocycles. The summed E-state index contributed by atoms with van der Waals surface area (Å²) in [5, 5.41) is 6.79. The number of benzene rings is 2. The smallest absolute Gasteiger partial charge is 0.337 e. The molecule has 6 heteroatoms. The van der Waals surface area contributed by atoms with Gasteiger partial charge in [0, 0.05) is 43.0 Å². The largest absolute Gasteiger partial charge is 0.465 e. The van der Waals surface area contributed by atoms with Gasteiger partial charge in [0.2, 0.25) is 0 Å². The second-order valence-electron chi connectivity index (χ2n) is 8.83. The van der Waals surface area contributed by atoms with E-state index in [4.69, 9.17) is 4.74 Å². The molecule has 0 bridgehead atoms. The first-order valence-electron chi connectivity index (χ1n) is 11.7. The lowest BCUT2D eigenvalue weighted by Gasteiger charge is -2.34. The summed E-state index contributed by atoms with van der Waals surface area (Å²) >= 11 is 0. The van der Waals surface area contributed by atoms with Gasteiger partial charge in [0.1, 0.15) is 0 Å². The van der Waals surface area contributed by atoms with Gasteiger partial charge >= 0.3 is 5.97 Å². The predicted octanol–water partition coefficient (Wildman–Crippen LogP) is 3.90. The van der Waals surface area contributed by atoms with Gasteiger partial charge in [-0.3, -0.25) is 4.79 Å². The number of amides is 1. The van der Waals surface area contributed by atoms with Crippen LogP contribution in [0.5, 0.6) is 0 Å². The van der Waals surface area contributed by atoms with E-state index in [1.807, 2.05) is 36.4 Å². The highest BCUT2D eigenvalue weighted by molar-refractivity contribution is 5.94. The summed E-state index contributed by atoms with van der Waals surface area (Å²) in [7, 11) is 1.40. The number of nitrogens with zero attached hydrogens (tertiary/aromatic N) is 1. The maximum atomic E-state index is 12.4. The van der Waals surface area contributed by atoms with Crippen LogP contribution in [0.4, 0.5) is 5.69 Å². The third-order valence-corrected chi connectivity index (χ3v) is 6.65. The summed E-state index contributed by atoms with van der Waals surface area (Å²) in [6, 6.07) is 16.4. The van der Waals surface area contributed by atoms with Crippen LogP contribution in [0.15, 0.2) is 48.5 Å². The zero-order chi connectivity index (χ0) is 22.3. The number of piperidine rings is 1. The Labute approximate surface area is 190 Å². The summed E-state index contributed by atoms with van der Waals surface area (Å²) in [6.45, 7) is 2.77. The zero-order valence-electron chi connectivity index (χ0n) is 18.8. The van der Waals surface area contributed by atoms with Crippen molar-refractivity contribution in [1.29, 1.82) is 0 Å². The lowest BCUT2D eigenvalue weighted by Crippen LogP contribution is -2.42. The molecule has 2 fully saturated rings. The molecule has 1 heterocycles. The predicted molar refractivity (Wildman–Crippen MR) is 126 cm³/mol. The second-order valence-corrected chi connectivity index (χ2v) is 8.83. The SMILES string of the molecule is COC(=O)c1ccc(CNC2CCN(c3ccc(C(=O)NC4CCCC4)cc3)CC2)cc1. The molecular weight excluding hydrogens is 402 g/mol. The summed E-state index contributed by atoms with van der Waals surface area (Å²) in [5.41, 5.74) is 3.66. The Morgan fingerprint density at radius 3 is 2.12 bits per heavy atom. The van der Waals surface area contributed by atoms with E-state index in [1.165, 1.54) is 25.6 Å². The number of carbonyl (C=O) groups excluding carboxylic acids is 2. The molecule has 6 nitrogen and oxygen atoms in total. The first-order chi connectivity index (χ1) is 15.6. The minimum atomic E-state index is -0.306. The van der Waals surface area contributed by atoms with Gasteiger partial charge in [-0.1, -0.05) is 25.0 Å². The minimum Gasteiger partial charge on any atom is -0.465 e. The van der Waals surface area contributed by atoms with Crippen molar-refractivity contribution in [2.75, 3.05) is 25.1 Å². The quantitative estimate of drug-likeness (QED) is 0.646. The van der Waals surface area contributed by atoms with Gasteiger partial charge in [0.15, 0.2) is 0 Å². The van der Waals surface area contributed by atoms with Gasteiger partial charge in [0.05, 0.1) is 12.7 Å². The molecule has 1 saturated heterocycles. The highest BCUT2D eigenvalue weighted by Crippen LogP contribution is 2.22.